The largest absolute Gasteiger partial charge is 0.334 e. The lowest BCUT2D eigenvalue weighted by Gasteiger charge is -2.08. The molecule has 0 fully saturated rings. The summed E-state index contributed by atoms with van der Waals surface area (Å²) in [5.74, 6) is -0.434. The first-order valence-corrected chi connectivity index (χ1v) is 6.22. The Morgan fingerprint density at radius 2 is 1.89 bits per heavy atom. The zero-order chi connectivity index (χ0) is 14.0. The molecule has 1 aromatic heterocycles. The second kappa shape index (κ2) is 5.40. The van der Waals surface area contributed by atoms with Crippen molar-refractivity contribution in [1.82, 2.24) is 9.55 Å². The van der Waals surface area contributed by atoms with Crippen LogP contribution >= 0.6 is 11.6 Å². The Bertz CT molecular complexity index is 704. The van der Waals surface area contributed by atoms with E-state index < -0.39 is 17.1 Å². The van der Waals surface area contributed by atoms with Crippen LogP contribution in [-0.2, 0) is 6.42 Å². The molecule has 0 atom stereocenters. The lowest BCUT2D eigenvalue weighted by Crippen LogP contribution is -2.36. The summed E-state index contributed by atoms with van der Waals surface area (Å²) in [5.41, 5.74) is -0.446. The van der Waals surface area contributed by atoms with Gasteiger partial charge in [-0.3, -0.25) is 9.78 Å². The second-order valence-electron chi connectivity index (χ2n) is 4.09. The highest BCUT2D eigenvalue weighted by atomic mass is 35.5. The Kier molecular flexibility index (Phi) is 3.85. The van der Waals surface area contributed by atoms with E-state index in [2.05, 4.69) is 4.98 Å². The molecule has 0 saturated carbocycles. The Hall–Kier alpha value is -1.88. The number of benzene rings is 1. The van der Waals surface area contributed by atoms with Gasteiger partial charge in [0.05, 0.1) is 11.3 Å². The summed E-state index contributed by atoms with van der Waals surface area (Å²) in [4.78, 5) is 26.5. The van der Waals surface area contributed by atoms with Crippen molar-refractivity contribution < 1.29 is 4.39 Å². The number of aromatic amines is 1. The van der Waals surface area contributed by atoms with E-state index in [4.69, 9.17) is 11.6 Å². The fourth-order valence-electron chi connectivity index (χ4n) is 1.84. The van der Waals surface area contributed by atoms with Crippen molar-refractivity contribution in [3.63, 3.8) is 0 Å². The highest BCUT2D eigenvalue weighted by molar-refractivity contribution is 6.30. The van der Waals surface area contributed by atoms with E-state index >= 15 is 0 Å². The lowest BCUT2D eigenvalue weighted by molar-refractivity contribution is 0.627. The lowest BCUT2D eigenvalue weighted by atomic mass is 10.2. The molecule has 0 radical (unpaired) electrons. The number of halogens is 2. The van der Waals surface area contributed by atoms with Crippen LogP contribution in [0.5, 0.6) is 0 Å². The summed E-state index contributed by atoms with van der Waals surface area (Å²) in [6.07, 6.45) is 1.19. The van der Waals surface area contributed by atoms with E-state index in [0.717, 1.165) is 11.0 Å². The molecule has 0 spiro atoms. The van der Waals surface area contributed by atoms with Crippen LogP contribution in [-0.4, -0.2) is 9.55 Å². The smallest absolute Gasteiger partial charge is 0.297 e. The molecule has 1 heterocycles. The molecule has 0 amide bonds. The first-order valence-electron chi connectivity index (χ1n) is 5.84. The van der Waals surface area contributed by atoms with Crippen molar-refractivity contribution in [1.29, 1.82) is 0 Å². The average Bonchev–Trinajstić information content (AvgIpc) is 2.36. The van der Waals surface area contributed by atoms with E-state index in [1.165, 1.54) is 24.3 Å². The van der Waals surface area contributed by atoms with Crippen molar-refractivity contribution >= 4 is 11.6 Å². The highest BCUT2D eigenvalue weighted by Crippen LogP contribution is 2.10. The maximum absolute atomic E-state index is 12.9. The molecule has 6 heteroatoms. The minimum Gasteiger partial charge on any atom is -0.297 e. The summed E-state index contributed by atoms with van der Waals surface area (Å²) in [5, 5.41) is 0.0650. The minimum absolute atomic E-state index is 0.0650. The molecule has 2 rings (SSSR count). The van der Waals surface area contributed by atoms with Crippen LogP contribution in [0, 0.1) is 5.82 Å². The van der Waals surface area contributed by atoms with Crippen LogP contribution < -0.4 is 11.2 Å². The zero-order valence-corrected chi connectivity index (χ0v) is 11.0. The maximum Gasteiger partial charge on any atom is 0.334 e. The van der Waals surface area contributed by atoms with Crippen molar-refractivity contribution in [2.45, 2.75) is 19.8 Å². The Morgan fingerprint density at radius 1 is 1.26 bits per heavy atom. The topological polar surface area (TPSA) is 54.9 Å². The third-order valence-corrected chi connectivity index (χ3v) is 3.05. The molecule has 0 unspecified atom stereocenters. The van der Waals surface area contributed by atoms with E-state index in [9.17, 15) is 14.0 Å². The van der Waals surface area contributed by atoms with E-state index in [1.54, 1.807) is 0 Å². The SMILES string of the molecule is CCCc1c(Cl)[nH]c(=O)n(-c2ccc(F)cc2)c1=O. The molecule has 19 heavy (non-hydrogen) atoms. The fourth-order valence-corrected chi connectivity index (χ4v) is 2.09. The van der Waals surface area contributed by atoms with Crippen LogP contribution in [0.3, 0.4) is 0 Å². The van der Waals surface area contributed by atoms with Gasteiger partial charge in [0.1, 0.15) is 11.0 Å². The predicted molar refractivity (Wildman–Crippen MR) is 71.6 cm³/mol. The quantitative estimate of drug-likeness (QED) is 0.878. The third kappa shape index (κ3) is 2.61. The van der Waals surface area contributed by atoms with Gasteiger partial charge in [-0.25, -0.2) is 13.8 Å². The van der Waals surface area contributed by atoms with Crippen molar-refractivity contribution in [3.05, 3.63) is 61.6 Å². The van der Waals surface area contributed by atoms with Crippen molar-refractivity contribution in [2.24, 2.45) is 0 Å². The highest BCUT2D eigenvalue weighted by Gasteiger charge is 2.13. The average molecular weight is 283 g/mol. The van der Waals surface area contributed by atoms with Gasteiger partial charge in [-0.05, 0) is 30.7 Å². The molecular weight excluding hydrogens is 271 g/mol. The van der Waals surface area contributed by atoms with E-state index in [-0.39, 0.29) is 5.15 Å². The molecule has 0 aliphatic rings. The number of aromatic nitrogens is 2. The minimum atomic E-state index is -0.638. The number of nitrogens with one attached hydrogen (secondary N) is 1. The first kappa shape index (κ1) is 13.5. The molecule has 0 saturated heterocycles. The normalized spacial score (nSPS) is 10.7. The van der Waals surface area contributed by atoms with Gasteiger partial charge in [-0.1, -0.05) is 24.9 Å². The van der Waals surface area contributed by atoms with Crippen LogP contribution in [0.15, 0.2) is 33.9 Å². The van der Waals surface area contributed by atoms with Gasteiger partial charge in [-0.15, -0.1) is 0 Å². The Labute approximate surface area is 113 Å². The molecule has 1 N–H and O–H groups in total. The summed E-state index contributed by atoms with van der Waals surface area (Å²) in [6.45, 7) is 1.91. The summed E-state index contributed by atoms with van der Waals surface area (Å²) >= 11 is 5.87. The van der Waals surface area contributed by atoms with Gasteiger partial charge in [0, 0.05) is 0 Å². The number of rotatable bonds is 3. The summed E-state index contributed by atoms with van der Waals surface area (Å²) in [7, 11) is 0. The van der Waals surface area contributed by atoms with Crippen LogP contribution in [0.1, 0.15) is 18.9 Å². The zero-order valence-electron chi connectivity index (χ0n) is 10.2. The Morgan fingerprint density at radius 3 is 2.47 bits per heavy atom. The Balaban J connectivity index is 2.70. The molecule has 1 aromatic carbocycles. The fraction of sp³-hybridized carbons (Fsp3) is 0.231. The van der Waals surface area contributed by atoms with Gasteiger partial charge in [0.15, 0.2) is 0 Å². The van der Waals surface area contributed by atoms with Gasteiger partial charge < -0.3 is 0 Å². The summed E-state index contributed by atoms with van der Waals surface area (Å²) < 4.78 is 13.8. The number of nitrogens with zero attached hydrogens (tertiary/aromatic N) is 1. The molecule has 100 valence electrons. The number of hydrogen-bond donors (Lipinski definition) is 1. The third-order valence-electron chi connectivity index (χ3n) is 2.73. The van der Waals surface area contributed by atoms with Crippen molar-refractivity contribution in [2.75, 3.05) is 0 Å². The molecular formula is C13H12ClFN2O2. The molecule has 0 bridgehead atoms. The van der Waals surface area contributed by atoms with Crippen LogP contribution in [0.2, 0.25) is 5.15 Å². The van der Waals surface area contributed by atoms with E-state index in [0.29, 0.717) is 17.7 Å². The molecule has 0 aliphatic carbocycles. The first-order chi connectivity index (χ1) is 9.04. The van der Waals surface area contributed by atoms with Gasteiger partial charge in [-0.2, -0.15) is 0 Å². The van der Waals surface area contributed by atoms with Gasteiger partial charge >= 0.3 is 5.69 Å². The number of hydrogen-bond acceptors (Lipinski definition) is 2. The predicted octanol–water partition coefficient (Wildman–Crippen LogP) is 2.27. The van der Waals surface area contributed by atoms with E-state index in [1.807, 2.05) is 6.92 Å². The van der Waals surface area contributed by atoms with Crippen LogP contribution in [0.25, 0.3) is 5.69 Å². The standard InChI is InChI=1S/C13H12ClFN2O2/c1-2-3-10-11(14)16-13(19)17(12(10)18)9-6-4-8(15)5-7-9/h4-7H,2-3H2,1H3,(H,16,19). The maximum atomic E-state index is 12.9. The summed E-state index contributed by atoms with van der Waals surface area (Å²) in [6, 6.07) is 5.12. The van der Waals surface area contributed by atoms with Gasteiger partial charge in [0.2, 0.25) is 0 Å². The molecule has 0 aliphatic heterocycles. The number of H-pyrrole nitrogens is 1. The molecule has 2 aromatic rings. The van der Waals surface area contributed by atoms with Gasteiger partial charge in [0.25, 0.3) is 5.56 Å². The second-order valence-corrected chi connectivity index (χ2v) is 4.47. The van der Waals surface area contributed by atoms with Crippen molar-refractivity contribution in [3.8, 4) is 5.69 Å². The van der Waals surface area contributed by atoms with Crippen LogP contribution in [0.4, 0.5) is 4.39 Å². The molecule has 4 nitrogen and oxygen atoms in total. The monoisotopic (exact) mass is 282 g/mol.